The van der Waals surface area contributed by atoms with E-state index in [0.717, 1.165) is 58.3 Å². The summed E-state index contributed by atoms with van der Waals surface area (Å²) >= 11 is 0. The van der Waals surface area contributed by atoms with Crippen molar-refractivity contribution in [2.45, 2.75) is 149 Å². The number of rotatable bonds is 23. The molecule has 6 nitrogen and oxygen atoms in total. The first-order chi connectivity index (χ1) is 16.4. The summed E-state index contributed by atoms with van der Waals surface area (Å²) in [7, 11) is 0. The zero-order valence-corrected chi connectivity index (χ0v) is 22.5. The van der Waals surface area contributed by atoms with Crippen LogP contribution in [0.2, 0.25) is 0 Å². The molecule has 1 N–H and O–H groups in total. The SMILES string of the molecule is CC(=O)O.CCCCCCCCOC(=O)CCCCCCCCC(=O)OCCCCCCCC. The summed E-state index contributed by atoms with van der Waals surface area (Å²) in [6.07, 6.45) is 21.9. The molecule has 0 unspecified atom stereocenters. The van der Waals surface area contributed by atoms with Crippen LogP contribution in [-0.2, 0) is 23.9 Å². The van der Waals surface area contributed by atoms with E-state index >= 15 is 0 Å². The predicted molar refractivity (Wildman–Crippen MR) is 139 cm³/mol. The first-order valence-electron chi connectivity index (χ1n) is 13.9. The van der Waals surface area contributed by atoms with Gasteiger partial charge in [-0.1, -0.05) is 104 Å². The van der Waals surface area contributed by atoms with E-state index in [0.29, 0.717) is 26.1 Å². The quantitative estimate of drug-likeness (QED) is 0.116. The lowest BCUT2D eigenvalue weighted by Gasteiger charge is -2.06. The van der Waals surface area contributed by atoms with Crippen molar-refractivity contribution in [1.82, 2.24) is 0 Å². The summed E-state index contributed by atoms with van der Waals surface area (Å²) in [5.41, 5.74) is 0. The van der Waals surface area contributed by atoms with E-state index in [1.165, 1.54) is 64.2 Å². The Morgan fingerprint density at radius 2 is 0.765 bits per heavy atom. The largest absolute Gasteiger partial charge is 0.481 e. The van der Waals surface area contributed by atoms with Crippen molar-refractivity contribution in [2.24, 2.45) is 0 Å². The standard InChI is InChI=1S/C26H50O4.C2H4O2/c1-3-5-7-9-15-19-23-29-25(27)21-17-13-11-12-14-18-22-26(28)30-24-20-16-10-8-6-4-2;1-2(3)4/h3-24H2,1-2H3;1H3,(H,3,4). The third-order valence-corrected chi connectivity index (χ3v) is 5.53. The first kappa shape index (κ1) is 34.6. The minimum atomic E-state index is -0.833. The van der Waals surface area contributed by atoms with Crippen LogP contribution < -0.4 is 0 Å². The highest BCUT2D eigenvalue weighted by atomic mass is 16.5. The molecule has 0 heterocycles. The fourth-order valence-corrected chi connectivity index (χ4v) is 3.53. The van der Waals surface area contributed by atoms with Crippen molar-refractivity contribution in [3.8, 4) is 0 Å². The van der Waals surface area contributed by atoms with Crippen molar-refractivity contribution < 1.29 is 29.0 Å². The summed E-state index contributed by atoms with van der Waals surface area (Å²) in [6, 6.07) is 0. The van der Waals surface area contributed by atoms with Gasteiger partial charge in [0.25, 0.3) is 5.97 Å². The Bertz CT molecular complexity index is 424. The monoisotopic (exact) mass is 486 g/mol. The molecule has 0 aliphatic carbocycles. The molecule has 0 bridgehead atoms. The summed E-state index contributed by atoms with van der Waals surface area (Å²) in [6.45, 7) is 6.69. The molecule has 0 radical (unpaired) electrons. The molecule has 0 aromatic carbocycles. The molecule has 0 rings (SSSR count). The van der Waals surface area contributed by atoms with Gasteiger partial charge in [0.1, 0.15) is 0 Å². The molecule has 0 aliphatic heterocycles. The fourth-order valence-electron chi connectivity index (χ4n) is 3.53. The molecular formula is C28H54O6. The molecule has 0 saturated carbocycles. The molecule has 0 spiro atoms. The van der Waals surface area contributed by atoms with Crippen LogP contribution in [0.4, 0.5) is 0 Å². The lowest BCUT2D eigenvalue weighted by Crippen LogP contribution is -2.06. The highest BCUT2D eigenvalue weighted by molar-refractivity contribution is 5.69. The number of hydrogen-bond acceptors (Lipinski definition) is 5. The number of unbranched alkanes of at least 4 members (excludes halogenated alkanes) is 15. The highest BCUT2D eigenvalue weighted by Gasteiger charge is 2.04. The maximum atomic E-state index is 11.7. The molecular weight excluding hydrogens is 432 g/mol. The Morgan fingerprint density at radius 1 is 0.500 bits per heavy atom. The van der Waals surface area contributed by atoms with Gasteiger partial charge < -0.3 is 14.6 Å². The predicted octanol–water partition coefficient (Wildman–Crippen LogP) is 8.01. The van der Waals surface area contributed by atoms with Gasteiger partial charge in [-0.05, 0) is 25.7 Å². The molecule has 0 amide bonds. The smallest absolute Gasteiger partial charge is 0.305 e. The van der Waals surface area contributed by atoms with Gasteiger partial charge in [0.05, 0.1) is 13.2 Å². The van der Waals surface area contributed by atoms with E-state index in [-0.39, 0.29) is 11.9 Å². The number of esters is 2. The Kier molecular flexibility index (Phi) is 29.9. The highest BCUT2D eigenvalue weighted by Crippen LogP contribution is 2.11. The van der Waals surface area contributed by atoms with Crippen LogP contribution in [0.25, 0.3) is 0 Å². The molecule has 0 atom stereocenters. The number of carbonyl (C=O) groups is 3. The Labute approximate surface area is 209 Å². The van der Waals surface area contributed by atoms with Crippen LogP contribution in [-0.4, -0.2) is 36.2 Å². The van der Waals surface area contributed by atoms with Gasteiger partial charge in [0.2, 0.25) is 0 Å². The average Bonchev–Trinajstić information content (AvgIpc) is 2.79. The molecule has 0 fully saturated rings. The molecule has 0 aromatic heterocycles. The van der Waals surface area contributed by atoms with Crippen molar-refractivity contribution in [2.75, 3.05) is 13.2 Å². The van der Waals surface area contributed by atoms with E-state index < -0.39 is 5.97 Å². The summed E-state index contributed by atoms with van der Waals surface area (Å²) in [5, 5.41) is 7.42. The van der Waals surface area contributed by atoms with Gasteiger partial charge in [0, 0.05) is 19.8 Å². The van der Waals surface area contributed by atoms with Crippen LogP contribution in [0.1, 0.15) is 149 Å². The van der Waals surface area contributed by atoms with Crippen molar-refractivity contribution in [3.05, 3.63) is 0 Å². The van der Waals surface area contributed by atoms with Crippen molar-refractivity contribution >= 4 is 17.9 Å². The number of carboxylic acids is 1. The van der Waals surface area contributed by atoms with E-state index in [1.54, 1.807) is 0 Å². The molecule has 0 aromatic rings. The van der Waals surface area contributed by atoms with E-state index in [9.17, 15) is 9.59 Å². The second kappa shape index (κ2) is 29.4. The normalized spacial score (nSPS) is 10.3. The molecule has 0 aliphatic rings. The lowest BCUT2D eigenvalue weighted by molar-refractivity contribution is -0.144. The third kappa shape index (κ3) is 35.0. The van der Waals surface area contributed by atoms with Crippen LogP contribution >= 0.6 is 0 Å². The van der Waals surface area contributed by atoms with Gasteiger partial charge in [0.15, 0.2) is 0 Å². The van der Waals surface area contributed by atoms with Crippen LogP contribution in [0.15, 0.2) is 0 Å². The molecule has 202 valence electrons. The maximum Gasteiger partial charge on any atom is 0.305 e. The van der Waals surface area contributed by atoms with Gasteiger partial charge in [-0.15, -0.1) is 0 Å². The van der Waals surface area contributed by atoms with Gasteiger partial charge in [-0.25, -0.2) is 0 Å². The Balaban J connectivity index is 0. The van der Waals surface area contributed by atoms with Crippen molar-refractivity contribution in [1.29, 1.82) is 0 Å². The van der Waals surface area contributed by atoms with Crippen LogP contribution in [0.5, 0.6) is 0 Å². The minimum absolute atomic E-state index is 0.0448. The van der Waals surface area contributed by atoms with Crippen molar-refractivity contribution in [3.63, 3.8) is 0 Å². The number of carboxylic acid groups (broad SMARTS) is 1. The summed E-state index contributed by atoms with van der Waals surface area (Å²) < 4.78 is 10.6. The second-order valence-electron chi connectivity index (χ2n) is 9.12. The maximum absolute atomic E-state index is 11.7. The number of aliphatic carboxylic acids is 1. The topological polar surface area (TPSA) is 89.9 Å². The van der Waals surface area contributed by atoms with E-state index in [2.05, 4.69) is 13.8 Å². The average molecular weight is 487 g/mol. The molecule has 0 saturated heterocycles. The zero-order chi connectivity index (χ0) is 25.7. The van der Waals surface area contributed by atoms with Gasteiger partial charge in [-0.2, -0.15) is 0 Å². The van der Waals surface area contributed by atoms with Crippen LogP contribution in [0.3, 0.4) is 0 Å². The first-order valence-corrected chi connectivity index (χ1v) is 13.9. The van der Waals surface area contributed by atoms with Gasteiger partial charge in [-0.3, -0.25) is 14.4 Å². The minimum Gasteiger partial charge on any atom is -0.481 e. The Hall–Kier alpha value is -1.59. The van der Waals surface area contributed by atoms with Crippen LogP contribution in [0, 0.1) is 0 Å². The fraction of sp³-hybridized carbons (Fsp3) is 0.893. The van der Waals surface area contributed by atoms with E-state index in [4.69, 9.17) is 19.4 Å². The van der Waals surface area contributed by atoms with Gasteiger partial charge >= 0.3 is 11.9 Å². The number of hydrogen-bond donors (Lipinski definition) is 1. The van der Waals surface area contributed by atoms with E-state index in [1.807, 2.05) is 0 Å². The third-order valence-electron chi connectivity index (χ3n) is 5.53. The summed E-state index contributed by atoms with van der Waals surface area (Å²) in [4.78, 5) is 32.4. The number of ether oxygens (including phenoxy) is 2. The second-order valence-corrected chi connectivity index (χ2v) is 9.12. The molecule has 6 heteroatoms. The lowest BCUT2D eigenvalue weighted by atomic mass is 10.1. The Morgan fingerprint density at radius 3 is 1.09 bits per heavy atom. The zero-order valence-electron chi connectivity index (χ0n) is 22.5. The number of carbonyl (C=O) groups excluding carboxylic acids is 2. The molecule has 34 heavy (non-hydrogen) atoms. The summed E-state index contributed by atoms with van der Waals surface area (Å²) in [5.74, 6) is -0.923.